The Morgan fingerprint density at radius 1 is 1.13 bits per heavy atom. The van der Waals surface area contributed by atoms with Crippen LogP contribution in [0.15, 0.2) is 60.9 Å². The molecule has 2 aromatic carbocycles. The molecule has 0 aliphatic heterocycles. The molecule has 0 spiro atoms. The molecular weight excluding hydrogens is 435 g/mol. The van der Waals surface area contributed by atoms with E-state index in [2.05, 4.69) is 10.4 Å². The van der Waals surface area contributed by atoms with Gasteiger partial charge in [-0.15, -0.1) is 0 Å². The number of nitrogens with zero attached hydrogens (tertiary/aromatic N) is 2. The Morgan fingerprint density at radius 2 is 1.87 bits per heavy atom. The minimum atomic E-state index is -4.70. The monoisotopic (exact) mass is 451 g/mol. The van der Waals surface area contributed by atoms with E-state index < -0.39 is 35.9 Å². The lowest BCUT2D eigenvalue weighted by Gasteiger charge is -2.14. The summed E-state index contributed by atoms with van der Waals surface area (Å²) in [4.78, 5) is 23.8. The highest BCUT2D eigenvalue weighted by atomic mass is 35.5. The minimum absolute atomic E-state index is 0.0114. The molecule has 1 amide bonds. The van der Waals surface area contributed by atoms with E-state index in [1.54, 1.807) is 17.1 Å². The van der Waals surface area contributed by atoms with Crippen LogP contribution in [-0.2, 0) is 26.9 Å². The molecule has 0 saturated heterocycles. The fourth-order valence-electron chi connectivity index (χ4n) is 2.72. The first-order valence-corrected chi connectivity index (χ1v) is 9.51. The fourth-order valence-corrected chi connectivity index (χ4v) is 2.89. The highest BCUT2D eigenvalue weighted by Crippen LogP contribution is 2.36. The zero-order chi connectivity index (χ0) is 22.4. The lowest BCUT2D eigenvalue weighted by Crippen LogP contribution is -2.22. The zero-order valence-corrected chi connectivity index (χ0v) is 16.8. The van der Waals surface area contributed by atoms with Gasteiger partial charge in [0.1, 0.15) is 0 Å². The number of aryl methyl sites for hydroxylation is 1. The predicted molar refractivity (Wildman–Crippen MR) is 108 cm³/mol. The van der Waals surface area contributed by atoms with Crippen molar-refractivity contribution in [2.24, 2.45) is 0 Å². The van der Waals surface area contributed by atoms with Crippen molar-refractivity contribution in [3.63, 3.8) is 0 Å². The second-order valence-electron chi connectivity index (χ2n) is 6.53. The molecule has 0 fully saturated rings. The van der Waals surface area contributed by atoms with Crippen LogP contribution in [0.25, 0.3) is 5.69 Å². The van der Waals surface area contributed by atoms with Crippen LogP contribution in [0.5, 0.6) is 0 Å². The number of alkyl halides is 3. The number of anilines is 1. The van der Waals surface area contributed by atoms with E-state index in [-0.39, 0.29) is 11.4 Å². The van der Waals surface area contributed by atoms with E-state index >= 15 is 0 Å². The van der Waals surface area contributed by atoms with Crippen LogP contribution in [0.2, 0.25) is 5.02 Å². The van der Waals surface area contributed by atoms with E-state index in [0.29, 0.717) is 12.5 Å². The van der Waals surface area contributed by atoms with Crippen LogP contribution in [0.4, 0.5) is 18.9 Å². The van der Waals surface area contributed by atoms with Crippen LogP contribution < -0.4 is 5.32 Å². The van der Waals surface area contributed by atoms with Crippen molar-refractivity contribution < 1.29 is 27.5 Å². The van der Waals surface area contributed by atoms with Gasteiger partial charge in [0, 0.05) is 17.6 Å². The van der Waals surface area contributed by atoms with Crippen LogP contribution in [-0.4, -0.2) is 28.3 Å². The molecule has 0 atom stereocenters. The van der Waals surface area contributed by atoms with Gasteiger partial charge in [0.2, 0.25) is 0 Å². The number of nitrogens with one attached hydrogen (secondary N) is 1. The number of ether oxygens (including phenoxy) is 1. The summed E-state index contributed by atoms with van der Waals surface area (Å²) in [6, 6.07) is 12.4. The third kappa shape index (κ3) is 6.32. The molecule has 0 saturated carbocycles. The van der Waals surface area contributed by atoms with Gasteiger partial charge in [-0.3, -0.25) is 9.59 Å². The number of carbonyl (C=O) groups is 2. The molecule has 0 unspecified atom stereocenters. The molecule has 1 N–H and O–H groups in total. The molecule has 0 radical (unpaired) electrons. The maximum Gasteiger partial charge on any atom is 0.418 e. The number of benzene rings is 2. The van der Waals surface area contributed by atoms with Crippen LogP contribution in [0, 0.1) is 0 Å². The summed E-state index contributed by atoms with van der Waals surface area (Å²) in [5.74, 6) is -1.55. The predicted octanol–water partition coefficient (Wildman–Crippen LogP) is 4.66. The number of esters is 1. The van der Waals surface area contributed by atoms with Gasteiger partial charge in [0.25, 0.3) is 5.91 Å². The molecule has 1 aromatic heterocycles. The second-order valence-corrected chi connectivity index (χ2v) is 6.96. The lowest BCUT2D eigenvalue weighted by atomic mass is 10.1. The lowest BCUT2D eigenvalue weighted by molar-refractivity contribution is -0.147. The highest BCUT2D eigenvalue weighted by Gasteiger charge is 2.34. The number of carbonyl (C=O) groups excluding carboxylic acids is 2. The van der Waals surface area contributed by atoms with E-state index in [4.69, 9.17) is 16.3 Å². The maximum absolute atomic E-state index is 13.1. The second kappa shape index (κ2) is 9.65. The molecular formula is C21H17ClF3N3O3. The molecule has 10 heteroatoms. The van der Waals surface area contributed by atoms with E-state index in [0.717, 1.165) is 17.3 Å². The third-order valence-electron chi connectivity index (χ3n) is 4.20. The summed E-state index contributed by atoms with van der Waals surface area (Å²) in [6.07, 6.45) is -0.986. The van der Waals surface area contributed by atoms with Crippen molar-refractivity contribution >= 4 is 29.2 Å². The first kappa shape index (κ1) is 22.4. The van der Waals surface area contributed by atoms with Crippen molar-refractivity contribution in [2.75, 3.05) is 11.9 Å². The summed E-state index contributed by atoms with van der Waals surface area (Å²) in [6.45, 7) is -0.706. The molecule has 1 heterocycles. The molecule has 6 nitrogen and oxygen atoms in total. The first-order chi connectivity index (χ1) is 14.7. The Labute approximate surface area is 180 Å². The van der Waals surface area contributed by atoms with Crippen molar-refractivity contribution in [2.45, 2.75) is 19.0 Å². The average molecular weight is 452 g/mol. The Balaban J connectivity index is 1.48. The minimum Gasteiger partial charge on any atom is -0.456 e. The number of halogens is 4. The molecule has 162 valence electrons. The van der Waals surface area contributed by atoms with Gasteiger partial charge in [-0.1, -0.05) is 29.8 Å². The van der Waals surface area contributed by atoms with E-state index in [9.17, 15) is 22.8 Å². The summed E-state index contributed by atoms with van der Waals surface area (Å²) < 4.78 is 45.7. The molecule has 3 aromatic rings. The van der Waals surface area contributed by atoms with Gasteiger partial charge < -0.3 is 10.1 Å². The summed E-state index contributed by atoms with van der Waals surface area (Å²) in [5, 5.41) is 6.19. The summed E-state index contributed by atoms with van der Waals surface area (Å²) >= 11 is 5.60. The Kier molecular flexibility index (Phi) is 6.96. The van der Waals surface area contributed by atoms with Crippen molar-refractivity contribution in [3.8, 4) is 5.69 Å². The Morgan fingerprint density at radius 3 is 2.58 bits per heavy atom. The molecule has 0 bridgehead atoms. The van der Waals surface area contributed by atoms with Crippen molar-refractivity contribution in [1.82, 2.24) is 9.78 Å². The van der Waals surface area contributed by atoms with Crippen molar-refractivity contribution in [1.29, 1.82) is 0 Å². The van der Waals surface area contributed by atoms with Gasteiger partial charge in [-0.25, -0.2) is 4.68 Å². The molecule has 3 rings (SSSR count). The third-order valence-corrected chi connectivity index (χ3v) is 4.44. The van der Waals surface area contributed by atoms with Crippen molar-refractivity contribution in [3.05, 3.63) is 77.1 Å². The summed E-state index contributed by atoms with van der Waals surface area (Å²) in [5.41, 5.74) is 0.107. The first-order valence-electron chi connectivity index (χ1n) is 9.13. The molecule has 0 aliphatic carbocycles. The molecule has 31 heavy (non-hydrogen) atoms. The largest absolute Gasteiger partial charge is 0.456 e. The van der Waals surface area contributed by atoms with Gasteiger partial charge >= 0.3 is 12.1 Å². The smallest absolute Gasteiger partial charge is 0.418 e. The number of para-hydroxylation sites is 1. The Hall–Kier alpha value is -3.33. The Bertz CT molecular complexity index is 1070. The molecule has 0 aliphatic rings. The van der Waals surface area contributed by atoms with Crippen LogP contribution >= 0.6 is 11.6 Å². The van der Waals surface area contributed by atoms with Crippen LogP contribution in [0.3, 0.4) is 0 Å². The van der Waals surface area contributed by atoms with E-state index in [1.165, 1.54) is 6.07 Å². The maximum atomic E-state index is 13.1. The van der Waals surface area contributed by atoms with Gasteiger partial charge in [0.05, 0.1) is 23.1 Å². The van der Waals surface area contributed by atoms with Gasteiger partial charge in [-0.2, -0.15) is 18.3 Å². The fraction of sp³-hybridized carbons (Fsp3) is 0.190. The summed E-state index contributed by atoms with van der Waals surface area (Å²) in [7, 11) is 0. The quantitative estimate of drug-likeness (QED) is 0.530. The standard InChI is InChI=1S/C21H17ClF3N3O3/c22-15-7-8-18(17(10-15)21(23,24)25)27-19(29)13-31-20(30)9-6-14-11-26-28(12-14)16-4-2-1-3-5-16/h1-5,7-8,10-12H,6,9,13H2,(H,27,29). The highest BCUT2D eigenvalue weighted by molar-refractivity contribution is 6.30. The van der Waals surface area contributed by atoms with Gasteiger partial charge in [-0.05, 0) is 42.3 Å². The number of amides is 1. The van der Waals surface area contributed by atoms with E-state index in [1.807, 2.05) is 30.3 Å². The number of hydrogen-bond donors (Lipinski definition) is 1. The van der Waals surface area contributed by atoms with Gasteiger partial charge in [0.15, 0.2) is 6.61 Å². The number of rotatable bonds is 7. The topological polar surface area (TPSA) is 73.2 Å². The SMILES string of the molecule is O=C(COC(=O)CCc1cnn(-c2ccccc2)c1)Nc1ccc(Cl)cc1C(F)(F)F. The average Bonchev–Trinajstić information content (AvgIpc) is 3.21. The van der Waals surface area contributed by atoms with Crippen LogP contribution in [0.1, 0.15) is 17.5 Å². The normalized spacial score (nSPS) is 11.2. The number of aromatic nitrogens is 2. The zero-order valence-electron chi connectivity index (χ0n) is 16.0. The number of hydrogen-bond acceptors (Lipinski definition) is 4.